The monoisotopic (exact) mass is 331 g/mol. The van der Waals surface area contributed by atoms with Crippen LogP contribution in [-0.2, 0) is 10.0 Å². The first-order valence-electron chi connectivity index (χ1n) is 6.65. The molecule has 0 aliphatic rings. The average Bonchev–Trinajstić information content (AvgIpc) is 2.52. The Balaban J connectivity index is 2.47. The minimum Gasteiger partial charge on any atom is -0.497 e. The fraction of sp³-hybridized carbons (Fsp3) is 0.0625. The molecule has 6 nitrogen and oxygen atoms in total. The minimum absolute atomic E-state index is 0.224. The molecule has 118 valence electrons. The lowest BCUT2D eigenvalue weighted by Crippen LogP contribution is -2.22. The second-order valence-corrected chi connectivity index (χ2v) is 6.36. The molecule has 0 amide bonds. The predicted molar refractivity (Wildman–Crippen MR) is 85.8 cm³/mol. The summed E-state index contributed by atoms with van der Waals surface area (Å²) in [5.41, 5.74) is 0.0497. The highest BCUT2D eigenvalue weighted by Crippen LogP contribution is 2.33. The van der Waals surface area contributed by atoms with Gasteiger partial charge in [-0.15, -0.1) is 0 Å². The van der Waals surface area contributed by atoms with E-state index in [1.807, 2.05) is 0 Å². The maximum absolute atomic E-state index is 12.1. The standard InChI is InChI=1S/C16H13NO5S/c1-21-11-8-6-10(7-9-11)14-12-4-2-3-5-13(12)22-16(18)15(14)23(17,19)20/h2-9H,1H3,(H2,17,19,20). The van der Waals surface area contributed by atoms with Crippen LogP contribution in [0.2, 0.25) is 0 Å². The fourth-order valence-corrected chi connectivity index (χ4v) is 3.22. The van der Waals surface area contributed by atoms with Crippen LogP contribution in [0, 0.1) is 0 Å². The van der Waals surface area contributed by atoms with Gasteiger partial charge < -0.3 is 9.15 Å². The number of primary sulfonamides is 1. The Bertz CT molecular complexity index is 1040. The van der Waals surface area contributed by atoms with Gasteiger partial charge in [0.25, 0.3) is 0 Å². The fourth-order valence-electron chi connectivity index (χ4n) is 2.44. The molecule has 1 aromatic heterocycles. The van der Waals surface area contributed by atoms with Crippen molar-refractivity contribution in [3.05, 3.63) is 59.0 Å². The lowest BCUT2D eigenvalue weighted by Gasteiger charge is -2.11. The van der Waals surface area contributed by atoms with E-state index in [9.17, 15) is 13.2 Å². The second kappa shape index (κ2) is 5.53. The van der Waals surface area contributed by atoms with Gasteiger partial charge in [0.15, 0.2) is 4.90 Å². The van der Waals surface area contributed by atoms with Crippen LogP contribution < -0.4 is 15.5 Å². The Labute approximate surface area is 132 Å². The smallest absolute Gasteiger partial charge is 0.357 e. The molecule has 0 bridgehead atoms. The molecule has 2 aromatic carbocycles. The molecule has 0 radical (unpaired) electrons. The number of ether oxygens (including phenoxy) is 1. The van der Waals surface area contributed by atoms with E-state index in [-0.39, 0.29) is 11.1 Å². The number of para-hydroxylation sites is 1. The lowest BCUT2D eigenvalue weighted by atomic mass is 10.0. The van der Waals surface area contributed by atoms with Gasteiger partial charge in [0.1, 0.15) is 11.3 Å². The second-order valence-electron chi connectivity index (χ2n) is 4.86. The van der Waals surface area contributed by atoms with E-state index in [0.29, 0.717) is 16.7 Å². The Kier molecular flexibility index (Phi) is 3.67. The largest absolute Gasteiger partial charge is 0.497 e. The summed E-state index contributed by atoms with van der Waals surface area (Å²) in [7, 11) is -2.73. The van der Waals surface area contributed by atoms with E-state index in [4.69, 9.17) is 14.3 Å². The molecule has 0 aliphatic carbocycles. The van der Waals surface area contributed by atoms with Crippen molar-refractivity contribution in [3.8, 4) is 16.9 Å². The summed E-state index contributed by atoms with van der Waals surface area (Å²) in [5.74, 6) is 0.609. The number of sulfonamides is 1. The van der Waals surface area contributed by atoms with Crippen LogP contribution in [0.1, 0.15) is 0 Å². The number of nitrogens with two attached hydrogens (primary N) is 1. The summed E-state index contributed by atoms with van der Waals surface area (Å²) in [4.78, 5) is 11.6. The topological polar surface area (TPSA) is 99.6 Å². The van der Waals surface area contributed by atoms with E-state index in [2.05, 4.69) is 0 Å². The van der Waals surface area contributed by atoms with Gasteiger partial charge in [-0.1, -0.05) is 30.3 Å². The van der Waals surface area contributed by atoms with E-state index in [1.165, 1.54) is 7.11 Å². The molecule has 7 heteroatoms. The predicted octanol–water partition coefficient (Wildman–Crippen LogP) is 2.12. The van der Waals surface area contributed by atoms with Gasteiger partial charge in [-0.2, -0.15) is 0 Å². The first kappa shape index (κ1) is 15.3. The summed E-state index contributed by atoms with van der Waals surface area (Å²) in [5, 5.41) is 5.72. The van der Waals surface area contributed by atoms with Crippen molar-refractivity contribution in [2.75, 3.05) is 7.11 Å². The van der Waals surface area contributed by atoms with Crippen LogP contribution in [0.4, 0.5) is 0 Å². The first-order valence-corrected chi connectivity index (χ1v) is 8.19. The van der Waals surface area contributed by atoms with Gasteiger partial charge in [0.2, 0.25) is 10.0 Å². The molecule has 0 saturated carbocycles. The number of hydrogen-bond donors (Lipinski definition) is 1. The summed E-state index contributed by atoms with van der Waals surface area (Å²) >= 11 is 0. The lowest BCUT2D eigenvalue weighted by molar-refractivity contribution is 0.415. The highest BCUT2D eigenvalue weighted by molar-refractivity contribution is 7.89. The van der Waals surface area contributed by atoms with Crippen LogP contribution in [0.3, 0.4) is 0 Å². The molecule has 0 atom stereocenters. The zero-order valence-electron chi connectivity index (χ0n) is 12.1. The summed E-state index contributed by atoms with van der Waals surface area (Å²) in [6.07, 6.45) is 0. The van der Waals surface area contributed by atoms with E-state index < -0.39 is 20.5 Å². The summed E-state index contributed by atoms with van der Waals surface area (Å²) in [6, 6.07) is 13.4. The van der Waals surface area contributed by atoms with Gasteiger partial charge in [-0.05, 0) is 23.8 Å². The molecule has 1 heterocycles. The Morgan fingerprint density at radius 2 is 1.70 bits per heavy atom. The quantitative estimate of drug-likeness (QED) is 0.741. The number of rotatable bonds is 3. The summed E-state index contributed by atoms with van der Waals surface area (Å²) < 4.78 is 34.0. The molecule has 3 aromatic rings. The highest BCUT2D eigenvalue weighted by atomic mass is 32.2. The van der Waals surface area contributed by atoms with Crippen molar-refractivity contribution in [1.82, 2.24) is 0 Å². The molecule has 0 unspecified atom stereocenters. The van der Waals surface area contributed by atoms with Crippen LogP contribution in [0.15, 0.2) is 62.6 Å². The number of hydrogen-bond acceptors (Lipinski definition) is 5. The third kappa shape index (κ3) is 2.71. The Morgan fingerprint density at radius 3 is 2.30 bits per heavy atom. The molecule has 0 spiro atoms. The highest BCUT2D eigenvalue weighted by Gasteiger charge is 2.24. The van der Waals surface area contributed by atoms with Crippen molar-refractivity contribution in [1.29, 1.82) is 0 Å². The van der Waals surface area contributed by atoms with Crippen molar-refractivity contribution in [2.45, 2.75) is 4.90 Å². The van der Waals surface area contributed by atoms with Gasteiger partial charge >= 0.3 is 5.63 Å². The maximum Gasteiger partial charge on any atom is 0.357 e. The zero-order valence-corrected chi connectivity index (χ0v) is 13.0. The van der Waals surface area contributed by atoms with Crippen LogP contribution in [-0.4, -0.2) is 15.5 Å². The number of fused-ring (bicyclic) bond motifs is 1. The number of benzene rings is 2. The molecule has 0 aliphatic heterocycles. The van der Waals surface area contributed by atoms with E-state index >= 15 is 0 Å². The SMILES string of the molecule is COc1ccc(-c2c(S(N)(=O)=O)c(=O)oc3ccccc23)cc1. The van der Waals surface area contributed by atoms with E-state index in [0.717, 1.165) is 0 Å². The molecular formula is C16H13NO5S. The molecule has 3 rings (SSSR count). The normalized spacial score (nSPS) is 11.6. The van der Waals surface area contributed by atoms with Crippen molar-refractivity contribution >= 4 is 21.0 Å². The Hall–Kier alpha value is -2.64. The van der Waals surface area contributed by atoms with Crippen molar-refractivity contribution in [3.63, 3.8) is 0 Å². The van der Waals surface area contributed by atoms with E-state index in [1.54, 1.807) is 48.5 Å². The van der Waals surface area contributed by atoms with Gasteiger partial charge in [-0.3, -0.25) is 0 Å². The number of methoxy groups -OCH3 is 1. The third-order valence-electron chi connectivity index (χ3n) is 3.43. The average molecular weight is 331 g/mol. The van der Waals surface area contributed by atoms with Gasteiger partial charge in [0.05, 0.1) is 7.11 Å². The zero-order chi connectivity index (χ0) is 16.6. The minimum atomic E-state index is -4.26. The molecule has 0 saturated heterocycles. The molecular weight excluding hydrogens is 318 g/mol. The van der Waals surface area contributed by atoms with Crippen LogP contribution >= 0.6 is 0 Å². The third-order valence-corrected chi connectivity index (χ3v) is 4.37. The van der Waals surface area contributed by atoms with Crippen molar-refractivity contribution < 1.29 is 17.6 Å². The summed E-state index contributed by atoms with van der Waals surface area (Å²) in [6.45, 7) is 0. The van der Waals surface area contributed by atoms with Gasteiger partial charge in [0, 0.05) is 10.9 Å². The van der Waals surface area contributed by atoms with Gasteiger partial charge in [-0.25, -0.2) is 18.4 Å². The van der Waals surface area contributed by atoms with Crippen LogP contribution in [0.25, 0.3) is 22.1 Å². The molecule has 23 heavy (non-hydrogen) atoms. The molecule has 0 fully saturated rings. The first-order chi connectivity index (χ1) is 10.9. The maximum atomic E-state index is 12.1. The Morgan fingerprint density at radius 1 is 1.04 bits per heavy atom. The van der Waals surface area contributed by atoms with Crippen LogP contribution in [0.5, 0.6) is 5.75 Å². The molecule has 2 N–H and O–H groups in total. The van der Waals surface area contributed by atoms with Crippen molar-refractivity contribution in [2.24, 2.45) is 5.14 Å².